The number of aromatic nitrogens is 1. The van der Waals surface area contributed by atoms with Crippen molar-refractivity contribution < 1.29 is 27.8 Å². The molecule has 0 unspecified atom stereocenters. The van der Waals surface area contributed by atoms with Crippen molar-refractivity contribution in [1.82, 2.24) is 4.98 Å². The zero-order valence-corrected chi connectivity index (χ0v) is 10.8. The molecule has 0 aromatic carbocycles. The van der Waals surface area contributed by atoms with E-state index in [1.807, 2.05) is 0 Å². The average molecular weight is 381 g/mol. The Kier molecular flexibility index (Phi) is 4.42. The van der Waals surface area contributed by atoms with Crippen LogP contribution >= 0.6 is 34.2 Å². The highest BCUT2D eigenvalue weighted by Gasteiger charge is 2.35. The number of pyridine rings is 1. The highest BCUT2D eigenvalue weighted by atomic mass is 127. The molecule has 1 aromatic rings. The van der Waals surface area contributed by atoms with Crippen LogP contribution in [-0.4, -0.2) is 22.4 Å². The maximum absolute atomic E-state index is 12.1. The van der Waals surface area contributed by atoms with Crippen molar-refractivity contribution in [3.8, 4) is 5.75 Å². The number of nitrogens with zero attached hydrogens (tertiary/aromatic N) is 1. The van der Waals surface area contributed by atoms with Crippen molar-refractivity contribution in [2.24, 2.45) is 0 Å². The van der Waals surface area contributed by atoms with Crippen LogP contribution in [0.5, 0.6) is 5.75 Å². The largest absolute Gasteiger partial charge is 0.573 e. The van der Waals surface area contributed by atoms with Crippen LogP contribution in [0.4, 0.5) is 13.2 Å². The Hall–Kier alpha value is -0.770. The van der Waals surface area contributed by atoms with Crippen LogP contribution in [0, 0.1) is 3.57 Å². The van der Waals surface area contributed by atoms with E-state index in [9.17, 15) is 18.0 Å². The molecule has 17 heavy (non-hydrogen) atoms. The summed E-state index contributed by atoms with van der Waals surface area (Å²) in [5.41, 5.74) is -0.659. The van der Waals surface area contributed by atoms with Crippen molar-refractivity contribution >= 4 is 40.2 Å². The van der Waals surface area contributed by atoms with Crippen molar-refractivity contribution in [3.63, 3.8) is 0 Å². The number of ether oxygens (including phenoxy) is 1. The Morgan fingerprint density at radius 1 is 1.59 bits per heavy atom. The van der Waals surface area contributed by atoms with Gasteiger partial charge in [0.05, 0.1) is 15.1 Å². The van der Waals surface area contributed by atoms with Gasteiger partial charge in [-0.1, -0.05) is 0 Å². The number of hydrogen-bond acceptors (Lipinski definition) is 3. The molecule has 0 fully saturated rings. The van der Waals surface area contributed by atoms with E-state index in [2.05, 4.69) is 9.72 Å². The second-order valence-electron chi connectivity index (χ2n) is 2.76. The number of rotatable bonds is 3. The Balaban J connectivity index is 3.32. The Labute approximate surface area is 112 Å². The van der Waals surface area contributed by atoms with Crippen molar-refractivity contribution in [3.05, 3.63) is 21.0 Å². The van der Waals surface area contributed by atoms with Crippen molar-refractivity contribution in [2.45, 2.75) is 12.2 Å². The lowest BCUT2D eigenvalue weighted by Crippen LogP contribution is -2.21. The van der Waals surface area contributed by atoms with E-state index in [-0.39, 0.29) is 15.1 Å². The zero-order chi connectivity index (χ0) is 13.2. The standard InChI is InChI=1S/C8H4ClF3INO3/c9-2-3-1-4(13)6(17-8(10,11)12)5(14-3)7(15)16/h1H,2H2,(H,15,16). The first-order chi connectivity index (χ1) is 7.74. The minimum Gasteiger partial charge on any atom is -0.476 e. The van der Waals surface area contributed by atoms with Gasteiger partial charge in [0.2, 0.25) is 0 Å². The molecule has 0 atom stereocenters. The average Bonchev–Trinajstić information content (AvgIpc) is 2.18. The second-order valence-corrected chi connectivity index (χ2v) is 4.19. The van der Waals surface area contributed by atoms with Crippen LogP contribution in [0.1, 0.15) is 16.2 Å². The molecule has 1 N–H and O–H groups in total. The molecule has 0 amide bonds. The predicted molar refractivity (Wildman–Crippen MR) is 60.2 cm³/mol. The molecular formula is C8H4ClF3INO3. The molecule has 94 valence electrons. The van der Waals surface area contributed by atoms with Crippen LogP contribution in [0.15, 0.2) is 6.07 Å². The van der Waals surface area contributed by atoms with Crippen LogP contribution < -0.4 is 4.74 Å². The fourth-order valence-corrected chi connectivity index (χ4v) is 1.84. The number of carboxylic acid groups (broad SMARTS) is 1. The summed E-state index contributed by atoms with van der Waals surface area (Å²) >= 11 is 6.96. The molecule has 1 rings (SSSR count). The van der Waals surface area contributed by atoms with Gasteiger partial charge in [-0.25, -0.2) is 9.78 Å². The first-order valence-corrected chi connectivity index (χ1v) is 5.60. The molecule has 0 saturated heterocycles. The molecule has 0 radical (unpaired) electrons. The lowest BCUT2D eigenvalue weighted by atomic mass is 10.3. The third-order valence-corrected chi connectivity index (χ3v) is 2.61. The molecule has 0 aliphatic carbocycles. The lowest BCUT2D eigenvalue weighted by Gasteiger charge is -2.13. The van der Waals surface area contributed by atoms with E-state index < -0.39 is 23.8 Å². The lowest BCUT2D eigenvalue weighted by molar-refractivity contribution is -0.275. The quantitative estimate of drug-likeness (QED) is 0.646. The molecule has 1 heterocycles. The fourth-order valence-electron chi connectivity index (χ4n) is 0.978. The molecule has 0 spiro atoms. The monoisotopic (exact) mass is 381 g/mol. The summed E-state index contributed by atoms with van der Waals surface area (Å²) < 4.78 is 39.8. The van der Waals surface area contributed by atoms with Crippen LogP contribution in [0.2, 0.25) is 0 Å². The van der Waals surface area contributed by atoms with Gasteiger partial charge in [0, 0.05) is 0 Å². The third-order valence-electron chi connectivity index (χ3n) is 1.54. The summed E-state index contributed by atoms with van der Waals surface area (Å²) in [5, 5.41) is 8.75. The molecular weight excluding hydrogens is 377 g/mol. The highest BCUT2D eigenvalue weighted by molar-refractivity contribution is 14.1. The van der Waals surface area contributed by atoms with E-state index >= 15 is 0 Å². The Bertz CT molecular complexity index is 452. The smallest absolute Gasteiger partial charge is 0.476 e. The van der Waals surface area contributed by atoms with E-state index in [0.717, 1.165) is 0 Å². The minimum absolute atomic E-state index is 0.0250. The molecule has 9 heteroatoms. The number of carbonyl (C=O) groups is 1. The van der Waals surface area contributed by atoms with E-state index in [4.69, 9.17) is 16.7 Å². The van der Waals surface area contributed by atoms with Crippen molar-refractivity contribution in [2.75, 3.05) is 0 Å². The van der Waals surface area contributed by atoms with Crippen molar-refractivity contribution in [1.29, 1.82) is 0 Å². The number of halogens is 5. The highest BCUT2D eigenvalue weighted by Crippen LogP contribution is 2.31. The molecule has 0 aliphatic heterocycles. The predicted octanol–water partition coefficient (Wildman–Crippen LogP) is 3.02. The van der Waals surface area contributed by atoms with Gasteiger partial charge in [0.1, 0.15) is 0 Å². The number of hydrogen-bond donors (Lipinski definition) is 1. The molecule has 0 aliphatic rings. The number of aromatic carboxylic acids is 1. The van der Waals surface area contributed by atoms with Gasteiger partial charge in [0.25, 0.3) is 0 Å². The number of carboxylic acids is 1. The third kappa shape index (κ3) is 3.87. The van der Waals surface area contributed by atoms with Crippen LogP contribution in [-0.2, 0) is 5.88 Å². The second kappa shape index (κ2) is 5.25. The molecule has 0 saturated carbocycles. The zero-order valence-electron chi connectivity index (χ0n) is 7.89. The SMILES string of the molecule is O=C(O)c1nc(CCl)cc(I)c1OC(F)(F)F. The summed E-state index contributed by atoms with van der Waals surface area (Å²) in [6.45, 7) is 0. The van der Waals surface area contributed by atoms with Gasteiger partial charge in [-0.15, -0.1) is 24.8 Å². The topological polar surface area (TPSA) is 59.4 Å². The summed E-state index contributed by atoms with van der Waals surface area (Å²) in [6.07, 6.45) is -4.98. The van der Waals surface area contributed by atoms with Gasteiger partial charge < -0.3 is 9.84 Å². The summed E-state index contributed by atoms with van der Waals surface area (Å²) in [6, 6.07) is 1.22. The Morgan fingerprint density at radius 3 is 2.59 bits per heavy atom. The molecule has 0 bridgehead atoms. The number of alkyl halides is 4. The molecule has 4 nitrogen and oxygen atoms in total. The first kappa shape index (κ1) is 14.3. The minimum atomic E-state index is -4.98. The Morgan fingerprint density at radius 2 is 2.18 bits per heavy atom. The van der Waals surface area contributed by atoms with Gasteiger partial charge in [-0.05, 0) is 28.7 Å². The fraction of sp³-hybridized carbons (Fsp3) is 0.250. The maximum Gasteiger partial charge on any atom is 0.573 e. The van der Waals surface area contributed by atoms with Gasteiger partial charge in [0.15, 0.2) is 11.4 Å². The van der Waals surface area contributed by atoms with Gasteiger partial charge in [-0.3, -0.25) is 0 Å². The van der Waals surface area contributed by atoms with Crippen LogP contribution in [0.25, 0.3) is 0 Å². The summed E-state index contributed by atoms with van der Waals surface area (Å²) in [5.74, 6) is -2.56. The van der Waals surface area contributed by atoms with Gasteiger partial charge in [-0.2, -0.15) is 0 Å². The van der Waals surface area contributed by atoms with Gasteiger partial charge >= 0.3 is 12.3 Å². The van der Waals surface area contributed by atoms with E-state index in [1.54, 1.807) is 0 Å². The summed E-state index contributed by atoms with van der Waals surface area (Å²) in [7, 11) is 0. The summed E-state index contributed by atoms with van der Waals surface area (Å²) in [4.78, 5) is 14.2. The van der Waals surface area contributed by atoms with E-state index in [1.165, 1.54) is 28.7 Å². The maximum atomic E-state index is 12.1. The normalized spacial score (nSPS) is 11.4. The van der Waals surface area contributed by atoms with Crippen LogP contribution in [0.3, 0.4) is 0 Å². The van der Waals surface area contributed by atoms with E-state index in [0.29, 0.717) is 0 Å². The molecule has 1 aromatic heterocycles. The first-order valence-electron chi connectivity index (χ1n) is 3.99.